The number of aromatic nitrogens is 5. The molecule has 116 valence electrons. The summed E-state index contributed by atoms with van der Waals surface area (Å²) >= 11 is 6.18. The van der Waals surface area contributed by atoms with E-state index in [0.717, 1.165) is 5.56 Å². The zero-order valence-electron chi connectivity index (χ0n) is 12.2. The van der Waals surface area contributed by atoms with Crippen LogP contribution in [0.25, 0.3) is 11.3 Å². The Morgan fingerprint density at radius 3 is 3.04 bits per heavy atom. The van der Waals surface area contributed by atoms with Gasteiger partial charge in [0.2, 0.25) is 5.95 Å². The molecule has 0 atom stereocenters. The molecule has 0 spiro atoms. The minimum Gasteiger partial charge on any atom is -0.360 e. The minimum atomic E-state index is 0.350. The van der Waals surface area contributed by atoms with Gasteiger partial charge in [-0.3, -0.25) is 4.68 Å². The van der Waals surface area contributed by atoms with E-state index in [1.807, 2.05) is 0 Å². The van der Waals surface area contributed by atoms with Crippen molar-refractivity contribution in [2.45, 2.75) is 19.9 Å². The van der Waals surface area contributed by atoms with Gasteiger partial charge < -0.3 is 9.84 Å². The van der Waals surface area contributed by atoms with Crippen LogP contribution in [0.5, 0.6) is 0 Å². The third-order valence-electron chi connectivity index (χ3n) is 2.97. The lowest BCUT2D eigenvalue weighted by Crippen LogP contribution is -1.99. The second kappa shape index (κ2) is 6.46. The molecule has 0 saturated carbocycles. The predicted octanol–water partition coefficient (Wildman–Crippen LogP) is 2.95. The van der Waals surface area contributed by atoms with Crippen molar-refractivity contribution in [1.82, 2.24) is 24.9 Å². The van der Waals surface area contributed by atoms with Crippen molar-refractivity contribution in [1.29, 1.82) is 5.26 Å². The molecule has 0 radical (unpaired) electrons. The second-order valence-corrected chi connectivity index (χ2v) is 5.15. The molecule has 3 aromatic rings. The molecule has 0 unspecified atom stereocenters. The Bertz CT molecular complexity index is 864. The SMILES string of the molecule is Cc1cc(Nc2ncc(Cl)c(-c3cnn(CCC#N)c3)n2)no1. The van der Waals surface area contributed by atoms with Crippen molar-refractivity contribution in [3.05, 3.63) is 35.4 Å². The fourth-order valence-electron chi connectivity index (χ4n) is 1.94. The van der Waals surface area contributed by atoms with E-state index >= 15 is 0 Å². The number of rotatable bonds is 5. The van der Waals surface area contributed by atoms with Crippen molar-refractivity contribution in [3.8, 4) is 17.3 Å². The van der Waals surface area contributed by atoms with Gasteiger partial charge in [-0.1, -0.05) is 16.8 Å². The van der Waals surface area contributed by atoms with Gasteiger partial charge in [0.05, 0.1) is 42.1 Å². The molecule has 3 heterocycles. The van der Waals surface area contributed by atoms with Gasteiger partial charge in [-0.05, 0) is 6.92 Å². The van der Waals surface area contributed by atoms with E-state index < -0.39 is 0 Å². The highest BCUT2D eigenvalue weighted by molar-refractivity contribution is 6.32. The number of nitrogens with zero attached hydrogens (tertiary/aromatic N) is 6. The quantitative estimate of drug-likeness (QED) is 0.767. The second-order valence-electron chi connectivity index (χ2n) is 4.74. The molecule has 9 heteroatoms. The Hall–Kier alpha value is -2.92. The lowest BCUT2D eigenvalue weighted by molar-refractivity contribution is 0.400. The number of anilines is 2. The third-order valence-corrected chi connectivity index (χ3v) is 3.25. The molecule has 0 aliphatic heterocycles. The van der Waals surface area contributed by atoms with Gasteiger partial charge in [-0.15, -0.1) is 0 Å². The number of halogens is 1. The maximum Gasteiger partial charge on any atom is 0.229 e. The maximum atomic E-state index is 8.62. The first-order chi connectivity index (χ1) is 11.2. The Morgan fingerprint density at radius 1 is 1.43 bits per heavy atom. The largest absolute Gasteiger partial charge is 0.360 e. The summed E-state index contributed by atoms with van der Waals surface area (Å²) in [6.07, 6.45) is 5.33. The van der Waals surface area contributed by atoms with Crippen LogP contribution in [-0.2, 0) is 6.54 Å². The molecule has 3 rings (SSSR count). The number of nitrogens with one attached hydrogen (secondary N) is 1. The van der Waals surface area contributed by atoms with Crippen LogP contribution in [0, 0.1) is 18.3 Å². The monoisotopic (exact) mass is 329 g/mol. The first kappa shape index (κ1) is 15.0. The van der Waals surface area contributed by atoms with Crippen molar-refractivity contribution >= 4 is 23.4 Å². The Labute approximate surface area is 136 Å². The lowest BCUT2D eigenvalue weighted by Gasteiger charge is -2.04. The molecule has 0 fully saturated rings. The summed E-state index contributed by atoms with van der Waals surface area (Å²) in [4.78, 5) is 8.51. The van der Waals surface area contributed by atoms with E-state index in [0.29, 0.717) is 41.2 Å². The summed E-state index contributed by atoms with van der Waals surface area (Å²) in [6, 6.07) is 3.81. The van der Waals surface area contributed by atoms with E-state index in [9.17, 15) is 0 Å². The Kier molecular flexibility index (Phi) is 4.21. The van der Waals surface area contributed by atoms with Crippen molar-refractivity contribution in [2.24, 2.45) is 0 Å². The van der Waals surface area contributed by atoms with Crippen LogP contribution in [-0.4, -0.2) is 24.9 Å². The fraction of sp³-hybridized carbons (Fsp3) is 0.214. The Morgan fingerprint density at radius 2 is 2.30 bits per heavy atom. The molecule has 0 aliphatic carbocycles. The van der Waals surface area contributed by atoms with Gasteiger partial charge in [0.15, 0.2) is 5.82 Å². The average Bonchev–Trinajstić information content (AvgIpc) is 3.16. The summed E-state index contributed by atoms with van der Waals surface area (Å²) in [6.45, 7) is 2.31. The highest BCUT2D eigenvalue weighted by Crippen LogP contribution is 2.26. The van der Waals surface area contributed by atoms with Gasteiger partial charge in [-0.25, -0.2) is 9.97 Å². The van der Waals surface area contributed by atoms with Crippen LogP contribution in [0.4, 0.5) is 11.8 Å². The van der Waals surface area contributed by atoms with Gasteiger partial charge in [0.25, 0.3) is 0 Å². The highest BCUT2D eigenvalue weighted by Gasteiger charge is 2.11. The van der Waals surface area contributed by atoms with Gasteiger partial charge in [0, 0.05) is 17.8 Å². The molecule has 23 heavy (non-hydrogen) atoms. The highest BCUT2D eigenvalue weighted by atomic mass is 35.5. The number of aryl methyl sites for hydroxylation is 2. The molecular weight excluding hydrogens is 318 g/mol. The normalized spacial score (nSPS) is 10.5. The van der Waals surface area contributed by atoms with Crippen LogP contribution >= 0.6 is 11.6 Å². The zero-order chi connectivity index (χ0) is 16.2. The first-order valence-corrected chi connectivity index (χ1v) is 7.16. The summed E-state index contributed by atoms with van der Waals surface area (Å²) in [5, 5.41) is 20.0. The van der Waals surface area contributed by atoms with Crippen molar-refractivity contribution < 1.29 is 4.52 Å². The lowest BCUT2D eigenvalue weighted by atomic mass is 10.2. The number of hydrogen-bond donors (Lipinski definition) is 1. The zero-order valence-corrected chi connectivity index (χ0v) is 12.9. The van der Waals surface area contributed by atoms with Gasteiger partial charge in [-0.2, -0.15) is 10.4 Å². The molecule has 0 aromatic carbocycles. The topological polar surface area (TPSA) is 105 Å². The molecule has 3 aromatic heterocycles. The van der Waals surface area contributed by atoms with Crippen molar-refractivity contribution in [3.63, 3.8) is 0 Å². The summed E-state index contributed by atoms with van der Waals surface area (Å²) in [5.41, 5.74) is 1.29. The standard InChI is InChI=1S/C14H12ClN7O/c1-9-5-12(21-23-9)19-14-17-7-11(15)13(20-14)10-6-18-22(8-10)4-2-3-16/h5-8H,2,4H2,1H3,(H,17,19,20,21). The summed E-state index contributed by atoms with van der Waals surface area (Å²) < 4.78 is 6.65. The van der Waals surface area contributed by atoms with Crippen LogP contribution in [0.3, 0.4) is 0 Å². The molecule has 0 aliphatic rings. The maximum absolute atomic E-state index is 8.62. The van der Waals surface area contributed by atoms with E-state index in [4.69, 9.17) is 21.4 Å². The van der Waals surface area contributed by atoms with Crippen LogP contribution in [0.15, 0.2) is 29.2 Å². The van der Waals surface area contributed by atoms with E-state index in [2.05, 4.69) is 31.6 Å². The van der Waals surface area contributed by atoms with E-state index in [1.54, 1.807) is 30.1 Å². The number of nitriles is 1. The summed E-state index contributed by atoms with van der Waals surface area (Å²) in [5.74, 6) is 1.54. The van der Waals surface area contributed by atoms with Crippen LogP contribution < -0.4 is 5.32 Å². The third kappa shape index (κ3) is 3.46. The molecule has 1 N–H and O–H groups in total. The predicted molar refractivity (Wildman–Crippen MR) is 83.0 cm³/mol. The summed E-state index contributed by atoms with van der Waals surface area (Å²) in [7, 11) is 0. The van der Waals surface area contributed by atoms with Crippen LogP contribution in [0.2, 0.25) is 5.02 Å². The minimum absolute atomic E-state index is 0.350. The van der Waals surface area contributed by atoms with Gasteiger partial charge in [0.1, 0.15) is 5.76 Å². The molecule has 0 bridgehead atoms. The molecule has 0 saturated heterocycles. The van der Waals surface area contributed by atoms with Crippen molar-refractivity contribution in [2.75, 3.05) is 5.32 Å². The molecule has 0 amide bonds. The Balaban J connectivity index is 1.85. The number of hydrogen-bond acceptors (Lipinski definition) is 7. The first-order valence-electron chi connectivity index (χ1n) is 6.78. The molecule has 8 nitrogen and oxygen atoms in total. The fourth-order valence-corrected chi connectivity index (χ4v) is 2.14. The average molecular weight is 330 g/mol. The smallest absolute Gasteiger partial charge is 0.229 e. The van der Waals surface area contributed by atoms with Crippen LogP contribution in [0.1, 0.15) is 12.2 Å². The molecular formula is C14H12ClN7O. The van der Waals surface area contributed by atoms with Gasteiger partial charge >= 0.3 is 0 Å². The van der Waals surface area contributed by atoms with E-state index in [1.165, 1.54) is 6.20 Å². The van der Waals surface area contributed by atoms with E-state index in [-0.39, 0.29) is 0 Å².